The highest BCUT2D eigenvalue weighted by atomic mass is 16.1. The van der Waals surface area contributed by atoms with E-state index in [9.17, 15) is 4.79 Å². The van der Waals surface area contributed by atoms with Crippen LogP contribution in [0.5, 0.6) is 0 Å². The van der Waals surface area contributed by atoms with Crippen LogP contribution in [0, 0.1) is 0 Å². The number of aromatic amines is 1. The molecular formula is C23H21N9O. The van der Waals surface area contributed by atoms with Crippen molar-refractivity contribution in [2.75, 3.05) is 5.32 Å². The zero-order chi connectivity index (χ0) is 22.4. The lowest BCUT2D eigenvalue weighted by Crippen LogP contribution is -2.14. The molecule has 1 fully saturated rings. The predicted octanol–water partition coefficient (Wildman–Crippen LogP) is 2.82. The summed E-state index contributed by atoms with van der Waals surface area (Å²) < 4.78 is 3.62. The monoisotopic (exact) mass is 439 g/mol. The summed E-state index contributed by atoms with van der Waals surface area (Å²) in [6, 6.07) is 9.59. The summed E-state index contributed by atoms with van der Waals surface area (Å²) in [5.41, 5.74) is 4.17. The Morgan fingerprint density at radius 1 is 1.15 bits per heavy atom. The normalized spacial score (nSPS) is 13.5. The number of hydrogen-bond acceptors (Lipinski definition) is 7. The van der Waals surface area contributed by atoms with Gasteiger partial charge >= 0.3 is 0 Å². The van der Waals surface area contributed by atoms with Crippen LogP contribution in [0.3, 0.4) is 0 Å². The van der Waals surface area contributed by atoms with Crippen LogP contribution in [0.1, 0.15) is 35.7 Å². The van der Waals surface area contributed by atoms with Crippen molar-refractivity contribution in [2.45, 2.75) is 25.2 Å². The number of fused-ring (bicyclic) bond motifs is 1. The number of aryl methyl sites for hydroxylation is 1. The lowest BCUT2D eigenvalue weighted by Gasteiger charge is -2.07. The molecule has 10 heteroatoms. The maximum atomic E-state index is 12.3. The topological polar surface area (TPSA) is 119 Å². The highest BCUT2D eigenvalue weighted by molar-refractivity contribution is 5.65. The first-order valence-electron chi connectivity index (χ1n) is 10.8. The van der Waals surface area contributed by atoms with Gasteiger partial charge in [-0.05, 0) is 48.6 Å². The van der Waals surface area contributed by atoms with E-state index in [0.717, 1.165) is 22.9 Å². The summed E-state index contributed by atoms with van der Waals surface area (Å²) in [5, 5.41) is 16.0. The molecule has 1 aliphatic rings. The van der Waals surface area contributed by atoms with E-state index in [2.05, 4.69) is 35.6 Å². The van der Waals surface area contributed by atoms with Crippen molar-refractivity contribution in [1.82, 2.24) is 39.3 Å². The first kappa shape index (κ1) is 19.4. The Labute approximate surface area is 188 Å². The molecule has 6 rings (SSSR count). The van der Waals surface area contributed by atoms with Crippen LogP contribution in [0.15, 0.2) is 59.9 Å². The number of anilines is 2. The number of H-pyrrole nitrogens is 1. The van der Waals surface area contributed by atoms with E-state index in [1.165, 1.54) is 18.4 Å². The Kier molecular flexibility index (Phi) is 4.49. The molecule has 1 aliphatic carbocycles. The quantitative estimate of drug-likeness (QED) is 0.418. The first-order chi connectivity index (χ1) is 16.1. The Morgan fingerprint density at radius 3 is 2.88 bits per heavy atom. The van der Waals surface area contributed by atoms with Crippen LogP contribution < -0.4 is 10.9 Å². The molecule has 5 aromatic heterocycles. The van der Waals surface area contributed by atoms with Crippen molar-refractivity contribution in [1.29, 1.82) is 0 Å². The molecule has 33 heavy (non-hydrogen) atoms. The fourth-order valence-corrected chi connectivity index (χ4v) is 3.92. The van der Waals surface area contributed by atoms with E-state index < -0.39 is 0 Å². The number of pyridine rings is 2. The SMILES string of the molecule is Cn1nccc1Nc1nccc(-c2ccn3c(Cc4cc(C5CC5)c[nH]c4=O)nnc3c2)n1. The van der Waals surface area contributed by atoms with Gasteiger partial charge in [0, 0.05) is 49.3 Å². The molecule has 0 spiro atoms. The molecule has 164 valence electrons. The van der Waals surface area contributed by atoms with Gasteiger partial charge < -0.3 is 10.3 Å². The van der Waals surface area contributed by atoms with Gasteiger partial charge in [0.15, 0.2) is 5.65 Å². The standard InChI is InChI=1S/C23H21N9O/c1-31-19(5-8-26-31)28-23-24-7-4-18(27-23)15-6-9-32-20(11-15)29-30-21(32)12-16-10-17(14-2-3-14)13-25-22(16)33/h4-11,13-14H,2-3,12H2,1H3,(H,25,33)(H,24,27,28). The molecule has 2 N–H and O–H groups in total. The average Bonchev–Trinajstić information content (AvgIpc) is 3.50. The largest absolute Gasteiger partial charge is 0.329 e. The highest BCUT2D eigenvalue weighted by Crippen LogP contribution is 2.39. The van der Waals surface area contributed by atoms with Crippen LogP contribution >= 0.6 is 0 Å². The summed E-state index contributed by atoms with van der Waals surface area (Å²) in [5.74, 6) is 2.57. The Bertz CT molecular complexity index is 1530. The second-order valence-corrected chi connectivity index (χ2v) is 8.23. The summed E-state index contributed by atoms with van der Waals surface area (Å²) in [6.45, 7) is 0. The molecule has 5 heterocycles. The molecule has 0 amide bonds. The number of aromatic nitrogens is 8. The molecule has 0 aromatic carbocycles. The van der Waals surface area contributed by atoms with E-state index in [0.29, 0.717) is 29.5 Å². The molecule has 0 aliphatic heterocycles. The Hall–Kier alpha value is -4.34. The van der Waals surface area contributed by atoms with Gasteiger partial charge in [0.1, 0.15) is 11.6 Å². The highest BCUT2D eigenvalue weighted by Gasteiger charge is 2.24. The average molecular weight is 439 g/mol. The fourth-order valence-electron chi connectivity index (χ4n) is 3.92. The summed E-state index contributed by atoms with van der Waals surface area (Å²) >= 11 is 0. The van der Waals surface area contributed by atoms with Crippen LogP contribution in [0.4, 0.5) is 11.8 Å². The van der Waals surface area contributed by atoms with Gasteiger partial charge in [-0.1, -0.05) is 0 Å². The third-order valence-electron chi connectivity index (χ3n) is 5.89. The Balaban J connectivity index is 1.28. The maximum Gasteiger partial charge on any atom is 0.251 e. The second-order valence-electron chi connectivity index (χ2n) is 8.23. The zero-order valence-electron chi connectivity index (χ0n) is 17.9. The number of rotatable bonds is 6. The minimum atomic E-state index is -0.0813. The number of hydrogen-bond donors (Lipinski definition) is 2. The lowest BCUT2D eigenvalue weighted by atomic mass is 10.1. The van der Waals surface area contributed by atoms with E-state index in [4.69, 9.17) is 0 Å². The predicted molar refractivity (Wildman–Crippen MR) is 122 cm³/mol. The van der Waals surface area contributed by atoms with Crippen molar-refractivity contribution in [3.8, 4) is 11.3 Å². The van der Waals surface area contributed by atoms with Crippen LogP contribution in [-0.2, 0) is 13.5 Å². The number of nitrogens with zero attached hydrogens (tertiary/aromatic N) is 7. The van der Waals surface area contributed by atoms with Crippen molar-refractivity contribution >= 4 is 17.4 Å². The second kappa shape index (κ2) is 7.66. The van der Waals surface area contributed by atoms with Crippen LogP contribution in [0.25, 0.3) is 16.9 Å². The number of nitrogens with one attached hydrogen (secondary N) is 2. The molecule has 0 unspecified atom stereocenters. The van der Waals surface area contributed by atoms with E-state index in [-0.39, 0.29) is 5.56 Å². The van der Waals surface area contributed by atoms with E-state index in [1.807, 2.05) is 54.2 Å². The maximum absolute atomic E-state index is 12.3. The van der Waals surface area contributed by atoms with Gasteiger partial charge in [0.2, 0.25) is 5.95 Å². The van der Waals surface area contributed by atoms with Gasteiger partial charge in [-0.25, -0.2) is 9.97 Å². The smallest absolute Gasteiger partial charge is 0.251 e. The minimum absolute atomic E-state index is 0.0813. The van der Waals surface area contributed by atoms with Gasteiger partial charge in [-0.2, -0.15) is 5.10 Å². The third kappa shape index (κ3) is 3.75. The molecule has 0 saturated heterocycles. The minimum Gasteiger partial charge on any atom is -0.329 e. The Morgan fingerprint density at radius 2 is 2.06 bits per heavy atom. The van der Waals surface area contributed by atoms with Gasteiger partial charge in [-0.15, -0.1) is 10.2 Å². The van der Waals surface area contributed by atoms with Crippen molar-refractivity contribution < 1.29 is 0 Å². The lowest BCUT2D eigenvalue weighted by molar-refractivity contribution is 0.775. The van der Waals surface area contributed by atoms with E-state index >= 15 is 0 Å². The molecule has 10 nitrogen and oxygen atoms in total. The van der Waals surface area contributed by atoms with Gasteiger partial charge in [-0.3, -0.25) is 13.9 Å². The fraction of sp³-hybridized carbons (Fsp3) is 0.217. The molecule has 0 radical (unpaired) electrons. The van der Waals surface area contributed by atoms with Gasteiger partial charge in [0.05, 0.1) is 11.9 Å². The molecule has 0 atom stereocenters. The van der Waals surface area contributed by atoms with Crippen LogP contribution in [0.2, 0.25) is 0 Å². The summed E-state index contributed by atoms with van der Waals surface area (Å²) in [4.78, 5) is 24.1. The van der Waals surface area contributed by atoms with Crippen molar-refractivity contribution in [2.24, 2.45) is 7.05 Å². The summed E-state index contributed by atoms with van der Waals surface area (Å²) in [6.07, 6.45) is 9.95. The van der Waals surface area contributed by atoms with Crippen molar-refractivity contribution in [3.05, 3.63) is 82.4 Å². The van der Waals surface area contributed by atoms with Crippen LogP contribution in [-0.4, -0.2) is 39.3 Å². The first-order valence-corrected chi connectivity index (χ1v) is 10.8. The zero-order valence-corrected chi connectivity index (χ0v) is 17.9. The molecule has 5 aromatic rings. The van der Waals surface area contributed by atoms with Crippen molar-refractivity contribution in [3.63, 3.8) is 0 Å². The van der Waals surface area contributed by atoms with Gasteiger partial charge in [0.25, 0.3) is 5.56 Å². The third-order valence-corrected chi connectivity index (χ3v) is 5.89. The van der Waals surface area contributed by atoms with E-state index in [1.54, 1.807) is 17.1 Å². The molecular weight excluding hydrogens is 418 g/mol. The molecule has 1 saturated carbocycles. The summed E-state index contributed by atoms with van der Waals surface area (Å²) in [7, 11) is 1.85. The molecule has 0 bridgehead atoms.